The van der Waals surface area contributed by atoms with Gasteiger partial charge in [0.15, 0.2) is 5.78 Å². The molecule has 0 aliphatic heterocycles. The largest absolute Gasteiger partial charge is 0.293 e. The first-order valence-electron chi connectivity index (χ1n) is 5.20. The molecule has 0 spiro atoms. The van der Waals surface area contributed by atoms with Crippen LogP contribution >= 0.6 is 11.8 Å². The molecule has 2 nitrogen and oxygen atoms in total. The minimum absolute atomic E-state index is 0.186. The molecule has 0 saturated carbocycles. The zero-order valence-electron chi connectivity index (χ0n) is 9.49. The lowest BCUT2D eigenvalue weighted by atomic mass is 10.1. The average molecular weight is 223 g/mol. The second-order valence-corrected chi connectivity index (χ2v) is 5.07. The lowest BCUT2D eigenvalue weighted by Crippen LogP contribution is -2.08. The van der Waals surface area contributed by atoms with Crippen LogP contribution in [0.15, 0.2) is 18.5 Å². The molecule has 82 valence electrons. The number of hydrogen-bond donors (Lipinski definition) is 0. The minimum atomic E-state index is 0.186. The van der Waals surface area contributed by atoms with Gasteiger partial charge in [0.2, 0.25) is 0 Å². The number of carbonyl (C=O) groups is 1. The molecule has 0 aliphatic rings. The quantitative estimate of drug-likeness (QED) is 0.718. The third-order valence-electron chi connectivity index (χ3n) is 2.41. The van der Waals surface area contributed by atoms with Gasteiger partial charge in [-0.15, -0.1) is 0 Å². The topological polar surface area (TPSA) is 30.0 Å². The van der Waals surface area contributed by atoms with E-state index in [9.17, 15) is 4.79 Å². The summed E-state index contributed by atoms with van der Waals surface area (Å²) < 4.78 is 0. The van der Waals surface area contributed by atoms with Gasteiger partial charge < -0.3 is 0 Å². The maximum atomic E-state index is 11.8. The molecule has 1 aromatic rings. The molecule has 0 bridgehead atoms. The SMILES string of the molecule is CCC(C)SCC(=O)c1cnccc1C. The van der Waals surface area contributed by atoms with Gasteiger partial charge in [-0.1, -0.05) is 13.8 Å². The fourth-order valence-corrected chi connectivity index (χ4v) is 2.00. The molecular weight excluding hydrogens is 206 g/mol. The summed E-state index contributed by atoms with van der Waals surface area (Å²) in [5, 5.41) is 0.547. The number of nitrogens with zero attached hydrogens (tertiary/aromatic N) is 1. The van der Waals surface area contributed by atoms with Gasteiger partial charge in [0, 0.05) is 23.2 Å². The number of pyridine rings is 1. The van der Waals surface area contributed by atoms with Gasteiger partial charge in [-0.3, -0.25) is 9.78 Å². The molecule has 1 unspecified atom stereocenters. The van der Waals surface area contributed by atoms with Crippen molar-refractivity contribution in [3.8, 4) is 0 Å². The zero-order chi connectivity index (χ0) is 11.3. The van der Waals surface area contributed by atoms with Gasteiger partial charge >= 0.3 is 0 Å². The van der Waals surface area contributed by atoms with Gasteiger partial charge in [0.25, 0.3) is 0 Å². The Morgan fingerprint density at radius 2 is 2.33 bits per heavy atom. The van der Waals surface area contributed by atoms with Crippen LogP contribution in [0, 0.1) is 6.92 Å². The summed E-state index contributed by atoms with van der Waals surface area (Å²) >= 11 is 1.71. The number of Topliss-reactive ketones (excluding diaryl/α,β-unsaturated/α-hetero) is 1. The van der Waals surface area contributed by atoms with Crippen LogP contribution in [-0.2, 0) is 0 Å². The Bertz CT molecular complexity index is 338. The molecule has 0 fully saturated rings. The summed E-state index contributed by atoms with van der Waals surface area (Å²) in [6, 6.07) is 1.88. The molecule has 1 rings (SSSR count). The normalized spacial score (nSPS) is 12.5. The van der Waals surface area contributed by atoms with Gasteiger partial charge in [-0.2, -0.15) is 11.8 Å². The van der Waals surface area contributed by atoms with E-state index in [-0.39, 0.29) is 5.78 Å². The van der Waals surface area contributed by atoms with Gasteiger partial charge in [-0.25, -0.2) is 0 Å². The Morgan fingerprint density at radius 1 is 1.60 bits per heavy atom. The van der Waals surface area contributed by atoms with Crippen molar-refractivity contribution < 1.29 is 4.79 Å². The smallest absolute Gasteiger partial charge is 0.174 e. The highest BCUT2D eigenvalue weighted by Gasteiger charge is 2.10. The second kappa shape index (κ2) is 5.91. The lowest BCUT2D eigenvalue weighted by Gasteiger charge is -2.08. The first-order chi connectivity index (χ1) is 7.15. The van der Waals surface area contributed by atoms with E-state index in [1.807, 2.05) is 13.0 Å². The number of carbonyl (C=O) groups excluding carboxylic acids is 1. The van der Waals surface area contributed by atoms with Crippen molar-refractivity contribution >= 4 is 17.5 Å². The Labute approximate surface area is 95.5 Å². The average Bonchev–Trinajstić information content (AvgIpc) is 2.26. The summed E-state index contributed by atoms with van der Waals surface area (Å²) in [5.74, 6) is 0.743. The van der Waals surface area contributed by atoms with Crippen LogP contribution in [0.2, 0.25) is 0 Å². The van der Waals surface area contributed by atoms with Crippen molar-refractivity contribution in [1.29, 1.82) is 0 Å². The molecule has 1 heterocycles. The molecule has 0 radical (unpaired) electrons. The molecule has 0 aliphatic carbocycles. The molecule has 0 amide bonds. The maximum absolute atomic E-state index is 11.8. The van der Waals surface area contributed by atoms with Crippen LogP contribution in [0.1, 0.15) is 36.2 Å². The lowest BCUT2D eigenvalue weighted by molar-refractivity contribution is 0.102. The van der Waals surface area contributed by atoms with Crippen molar-refractivity contribution in [2.45, 2.75) is 32.4 Å². The number of ketones is 1. The molecule has 1 atom stereocenters. The predicted octanol–water partition coefficient (Wildman–Crippen LogP) is 3.10. The number of thioether (sulfide) groups is 1. The standard InChI is InChI=1S/C12H17NOS/c1-4-10(3)15-8-12(14)11-7-13-6-5-9(11)2/h5-7,10H,4,8H2,1-3H3. The molecule has 15 heavy (non-hydrogen) atoms. The summed E-state index contributed by atoms with van der Waals surface area (Å²) in [6.07, 6.45) is 4.48. The van der Waals surface area contributed by atoms with E-state index in [1.165, 1.54) is 0 Å². The maximum Gasteiger partial charge on any atom is 0.174 e. The van der Waals surface area contributed by atoms with Gasteiger partial charge in [0.1, 0.15) is 0 Å². The molecular formula is C12H17NOS. The van der Waals surface area contributed by atoms with Crippen LogP contribution in [0.25, 0.3) is 0 Å². The van der Waals surface area contributed by atoms with Crippen molar-refractivity contribution in [2.24, 2.45) is 0 Å². The molecule has 0 aromatic carbocycles. The minimum Gasteiger partial charge on any atom is -0.293 e. The predicted molar refractivity (Wildman–Crippen MR) is 65.5 cm³/mol. The molecule has 0 N–H and O–H groups in total. The number of hydrogen-bond acceptors (Lipinski definition) is 3. The highest BCUT2D eigenvalue weighted by molar-refractivity contribution is 8.00. The second-order valence-electron chi connectivity index (χ2n) is 3.64. The highest BCUT2D eigenvalue weighted by atomic mass is 32.2. The summed E-state index contributed by atoms with van der Waals surface area (Å²) in [4.78, 5) is 15.8. The van der Waals surface area contributed by atoms with E-state index in [0.29, 0.717) is 11.0 Å². The van der Waals surface area contributed by atoms with E-state index < -0.39 is 0 Å². The monoisotopic (exact) mass is 223 g/mol. The summed E-state index contributed by atoms with van der Waals surface area (Å²) in [5.41, 5.74) is 1.77. The first kappa shape index (κ1) is 12.2. The van der Waals surface area contributed by atoms with Crippen LogP contribution < -0.4 is 0 Å². The molecule has 3 heteroatoms. The summed E-state index contributed by atoms with van der Waals surface area (Å²) in [7, 11) is 0. The Kier molecular flexibility index (Phi) is 4.82. The number of aromatic nitrogens is 1. The Balaban J connectivity index is 2.58. The highest BCUT2D eigenvalue weighted by Crippen LogP contribution is 2.16. The van der Waals surface area contributed by atoms with Crippen LogP contribution in [0.3, 0.4) is 0 Å². The molecule has 1 aromatic heterocycles. The van der Waals surface area contributed by atoms with E-state index in [4.69, 9.17) is 0 Å². The number of rotatable bonds is 5. The van der Waals surface area contributed by atoms with Crippen LogP contribution in [-0.4, -0.2) is 21.8 Å². The van der Waals surface area contributed by atoms with Crippen molar-refractivity contribution in [3.63, 3.8) is 0 Å². The third-order valence-corrected chi connectivity index (χ3v) is 3.74. The number of aryl methyl sites for hydroxylation is 1. The van der Waals surface area contributed by atoms with E-state index in [0.717, 1.165) is 17.5 Å². The van der Waals surface area contributed by atoms with Crippen LogP contribution in [0.5, 0.6) is 0 Å². The molecule has 0 saturated heterocycles. The first-order valence-corrected chi connectivity index (χ1v) is 6.25. The van der Waals surface area contributed by atoms with E-state index in [2.05, 4.69) is 18.8 Å². The van der Waals surface area contributed by atoms with Crippen LogP contribution in [0.4, 0.5) is 0 Å². The fraction of sp³-hybridized carbons (Fsp3) is 0.500. The van der Waals surface area contributed by atoms with E-state index >= 15 is 0 Å². The van der Waals surface area contributed by atoms with Crippen molar-refractivity contribution in [2.75, 3.05) is 5.75 Å². The third kappa shape index (κ3) is 3.67. The van der Waals surface area contributed by atoms with Crippen molar-refractivity contribution in [3.05, 3.63) is 29.6 Å². The van der Waals surface area contributed by atoms with Gasteiger partial charge in [0.05, 0.1) is 5.75 Å². The van der Waals surface area contributed by atoms with Gasteiger partial charge in [-0.05, 0) is 25.0 Å². The Morgan fingerprint density at radius 3 is 2.93 bits per heavy atom. The Hall–Kier alpha value is -0.830. The van der Waals surface area contributed by atoms with Crippen molar-refractivity contribution in [1.82, 2.24) is 4.98 Å². The zero-order valence-corrected chi connectivity index (χ0v) is 10.3. The fourth-order valence-electron chi connectivity index (χ4n) is 1.17. The summed E-state index contributed by atoms with van der Waals surface area (Å²) in [6.45, 7) is 6.23. The van der Waals surface area contributed by atoms with E-state index in [1.54, 1.807) is 24.2 Å².